The minimum absolute atomic E-state index is 0.320. The van der Waals surface area contributed by atoms with Crippen molar-refractivity contribution in [1.82, 2.24) is 5.32 Å². The molecule has 1 N–H and O–H groups in total. The third-order valence-corrected chi connectivity index (χ3v) is 7.10. The van der Waals surface area contributed by atoms with Crippen LogP contribution in [0.15, 0.2) is 24.3 Å². The van der Waals surface area contributed by atoms with Gasteiger partial charge in [-0.1, -0.05) is 52.0 Å². The summed E-state index contributed by atoms with van der Waals surface area (Å²) in [6.45, 7) is 10.5. The number of thioether (sulfide) groups is 1. The zero-order valence-corrected chi connectivity index (χ0v) is 15.1. The van der Waals surface area contributed by atoms with Gasteiger partial charge in [0.1, 0.15) is 0 Å². The van der Waals surface area contributed by atoms with Gasteiger partial charge < -0.3 is 5.32 Å². The first-order valence-electron chi connectivity index (χ1n) is 8.36. The molecule has 1 atom stereocenters. The molecule has 0 fully saturated rings. The van der Waals surface area contributed by atoms with Crippen LogP contribution in [0.3, 0.4) is 0 Å². The van der Waals surface area contributed by atoms with E-state index < -0.39 is 0 Å². The molecule has 0 heterocycles. The molecule has 0 aliphatic heterocycles. The summed E-state index contributed by atoms with van der Waals surface area (Å²) in [5, 5.41) is 3.89. The molecule has 0 aromatic heterocycles. The fourth-order valence-electron chi connectivity index (χ4n) is 3.59. The number of benzene rings is 1. The number of fused-ring (bicyclic) bond motifs is 1. The highest BCUT2D eigenvalue weighted by atomic mass is 32.2. The van der Waals surface area contributed by atoms with Gasteiger partial charge >= 0.3 is 0 Å². The molecule has 0 saturated heterocycles. The molecule has 0 bridgehead atoms. The van der Waals surface area contributed by atoms with Crippen LogP contribution in [0.25, 0.3) is 0 Å². The van der Waals surface area contributed by atoms with Gasteiger partial charge in [-0.15, -0.1) is 0 Å². The Kier molecular flexibility index (Phi) is 5.43. The fourth-order valence-corrected chi connectivity index (χ4v) is 4.40. The summed E-state index contributed by atoms with van der Waals surface area (Å²) in [5.74, 6) is 0. The SMILES string of the molecule is CCC(CC)(CNC1CCC(C)(C)c2ccccc21)SC. The van der Waals surface area contributed by atoms with Crippen molar-refractivity contribution in [3.63, 3.8) is 0 Å². The van der Waals surface area contributed by atoms with Gasteiger partial charge in [-0.3, -0.25) is 0 Å². The molecule has 2 rings (SSSR count). The number of hydrogen-bond acceptors (Lipinski definition) is 2. The molecule has 118 valence electrons. The Bertz CT molecular complexity index is 454. The highest BCUT2D eigenvalue weighted by molar-refractivity contribution is 8.00. The lowest BCUT2D eigenvalue weighted by molar-refractivity contribution is 0.344. The van der Waals surface area contributed by atoms with Crippen molar-refractivity contribution in [1.29, 1.82) is 0 Å². The summed E-state index contributed by atoms with van der Waals surface area (Å²) in [5.41, 5.74) is 3.38. The average molecular weight is 306 g/mol. The van der Waals surface area contributed by atoms with Crippen molar-refractivity contribution in [2.75, 3.05) is 12.8 Å². The quantitative estimate of drug-likeness (QED) is 0.764. The molecule has 21 heavy (non-hydrogen) atoms. The van der Waals surface area contributed by atoms with Crippen LogP contribution in [0, 0.1) is 0 Å². The lowest BCUT2D eigenvalue weighted by Crippen LogP contribution is -2.41. The van der Waals surface area contributed by atoms with Crippen LogP contribution in [-0.2, 0) is 5.41 Å². The molecule has 2 heteroatoms. The van der Waals surface area contributed by atoms with Crippen LogP contribution in [0.5, 0.6) is 0 Å². The number of rotatable bonds is 6. The largest absolute Gasteiger partial charge is 0.309 e. The summed E-state index contributed by atoms with van der Waals surface area (Å²) in [4.78, 5) is 0. The van der Waals surface area contributed by atoms with Gasteiger partial charge in [0.25, 0.3) is 0 Å². The van der Waals surface area contributed by atoms with E-state index in [2.05, 4.69) is 63.5 Å². The van der Waals surface area contributed by atoms with Crippen molar-refractivity contribution in [2.45, 2.75) is 69.6 Å². The van der Waals surface area contributed by atoms with Gasteiger partial charge in [0.2, 0.25) is 0 Å². The molecular formula is C19H31NS. The van der Waals surface area contributed by atoms with Crippen molar-refractivity contribution >= 4 is 11.8 Å². The maximum absolute atomic E-state index is 3.89. The van der Waals surface area contributed by atoms with E-state index in [1.54, 1.807) is 0 Å². The predicted octanol–water partition coefficient (Wildman–Crippen LogP) is 5.31. The monoisotopic (exact) mass is 305 g/mol. The van der Waals surface area contributed by atoms with Crippen molar-refractivity contribution in [3.05, 3.63) is 35.4 Å². The summed E-state index contributed by atoms with van der Waals surface area (Å²) in [7, 11) is 0. The Morgan fingerprint density at radius 2 is 1.90 bits per heavy atom. The van der Waals surface area contributed by atoms with Crippen LogP contribution >= 0.6 is 11.8 Å². The van der Waals surface area contributed by atoms with Gasteiger partial charge in [0.15, 0.2) is 0 Å². The van der Waals surface area contributed by atoms with Gasteiger partial charge in [0, 0.05) is 17.3 Å². The number of hydrogen-bond donors (Lipinski definition) is 1. The lowest BCUT2D eigenvalue weighted by atomic mass is 9.71. The fraction of sp³-hybridized carbons (Fsp3) is 0.684. The maximum atomic E-state index is 3.89. The van der Waals surface area contributed by atoms with E-state index in [1.807, 2.05) is 11.8 Å². The van der Waals surface area contributed by atoms with E-state index in [1.165, 1.54) is 36.8 Å². The summed E-state index contributed by atoms with van der Waals surface area (Å²) >= 11 is 2.02. The van der Waals surface area contributed by atoms with E-state index in [9.17, 15) is 0 Å². The van der Waals surface area contributed by atoms with Crippen LogP contribution in [-0.4, -0.2) is 17.5 Å². The Morgan fingerprint density at radius 3 is 2.52 bits per heavy atom. The van der Waals surface area contributed by atoms with Crippen molar-refractivity contribution < 1.29 is 0 Å². The van der Waals surface area contributed by atoms with E-state index >= 15 is 0 Å². The van der Waals surface area contributed by atoms with Gasteiger partial charge in [-0.25, -0.2) is 0 Å². The average Bonchev–Trinajstić information content (AvgIpc) is 2.51. The van der Waals surface area contributed by atoms with Gasteiger partial charge in [-0.2, -0.15) is 11.8 Å². The summed E-state index contributed by atoms with van der Waals surface area (Å²) in [6, 6.07) is 9.56. The summed E-state index contributed by atoms with van der Waals surface area (Å²) < 4.78 is 0.391. The van der Waals surface area contributed by atoms with E-state index in [-0.39, 0.29) is 0 Å². The first-order chi connectivity index (χ1) is 9.98. The van der Waals surface area contributed by atoms with Crippen LogP contribution in [0.4, 0.5) is 0 Å². The summed E-state index contributed by atoms with van der Waals surface area (Å²) in [6.07, 6.45) is 7.25. The van der Waals surface area contributed by atoms with E-state index in [0.29, 0.717) is 16.2 Å². The molecule has 0 spiro atoms. The lowest BCUT2D eigenvalue weighted by Gasteiger charge is -2.39. The van der Waals surface area contributed by atoms with Crippen molar-refractivity contribution in [2.24, 2.45) is 0 Å². The molecule has 1 nitrogen and oxygen atoms in total. The third kappa shape index (κ3) is 3.48. The first-order valence-corrected chi connectivity index (χ1v) is 9.58. The normalized spacial score (nSPS) is 21.1. The minimum atomic E-state index is 0.320. The minimum Gasteiger partial charge on any atom is -0.309 e. The third-order valence-electron chi connectivity index (χ3n) is 5.52. The molecule has 0 radical (unpaired) electrons. The molecule has 1 unspecified atom stereocenters. The predicted molar refractivity (Wildman–Crippen MR) is 96.3 cm³/mol. The topological polar surface area (TPSA) is 12.0 Å². The molecule has 1 aromatic rings. The zero-order chi connectivity index (χ0) is 15.5. The Hall–Kier alpha value is -0.470. The standard InChI is InChI=1S/C19H31NS/c1-6-19(7-2,21-5)14-20-17-12-13-18(3,4)16-11-9-8-10-15(16)17/h8-11,17,20H,6-7,12-14H2,1-5H3. The first kappa shape index (κ1) is 16.9. The number of nitrogens with one attached hydrogen (secondary N) is 1. The Balaban J connectivity index is 2.16. The second-order valence-corrected chi connectivity index (χ2v) is 8.31. The molecule has 1 aliphatic rings. The maximum Gasteiger partial charge on any atom is 0.0324 e. The van der Waals surface area contributed by atoms with Gasteiger partial charge in [-0.05, 0) is 48.5 Å². The van der Waals surface area contributed by atoms with Crippen LogP contribution in [0.1, 0.15) is 70.5 Å². The van der Waals surface area contributed by atoms with Crippen LogP contribution in [0.2, 0.25) is 0 Å². The van der Waals surface area contributed by atoms with Crippen LogP contribution < -0.4 is 5.32 Å². The van der Waals surface area contributed by atoms with E-state index in [0.717, 1.165) is 6.54 Å². The highest BCUT2D eigenvalue weighted by Crippen LogP contribution is 2.41. The zero-order valence-electron chi connectivity index (χ0n) is 14.3. The Morgan fingerprint density at radius 1 is 1.24 bits per heavy atom. The molecule has 1 aromatic carbocycles. The molecule has 1 aliphatic carbocycles. The highest BCUT2D eigenvalue weighted by Gasteiger charge is 2.33. The second-order valence-electron chi connectivity index (χ2n) is 7.04. The smallest absolute Gasteiger partial charge is 0.0324 e. The molecule has 0 saturated carbocycles. The van der Waals surface area contributed by atoms with Crippen molar-refractivity contribution in [3.8, 4) is 0 Å². The molecule has 0 amide bonds. The van der Waals surface area contributed by atoms with E-state index in [4.69, 9.17) is 0 Å². The second kappa shape index (κ2) is 6.75. The Labute approximate surface area is 135 Å². The molecular weight excluding hydrogens is 274 g/mol. The van der Waals surface area contributed by atoms with Gasteiger partial charge in [0.05, 0.1) is 0 Å².